The fraction of sp³-hybridized carbons (Fsp3) is 0.0417. The van der Waals surface area contributed by atoms with Crippen molar-refractivity contribution in [3.8, 4) is 5.69 Å². The van der Waals surface area contributed by atoms with Gasteiger partial charge in [-0.1, -0.05) is 108 Å². The van der Waals surface area contributed by atoms with Crippen molar-refractivity contribution in [1.82, 2.24) is 4.57 Å². The summed E-state index contributed by atoms with van der Waals surface area (Å²) in [4.78, 5) is 9.99. The van der Waals surface area contributed by atoms with Crippen LogP contribution in [0.1, 0.15) is 11.1 Å². The molecule has 11 rings (SSSR count). The average Bonchev–Trinajstić information content (AvgIpc) is 3.50. The van der Waals surface area contributed by atoms with Crippen molar-refractivity contribution in [2.45, 2.75) is 33.4 Å². The molecule has 53 heavy (non-hydrogen) atoms. The van der Waals surface area contributed by atoms with E-state index in [1.54, 1.807) is 0 Å². The Bertz CT molecular complexity index is 2890. The van der Waals surface area contributed by atoms with Gasteiger partial charge in [-0.3, -0.25) is 0 Å². The molecule has 0 aliphatic carbocycles. The Morgan fingerprint density at radius 3 is 1.42 bits per heavy atom. The minimum atomic E-state index is 1.17. The van der Waals surface area contributed by atoms with E-state index < -0.39 is 0 Å². The Balaban J connectivity index is 1.18. The van der Waals surface area contributed by atoms with Gasteiger partial charge >= 0.3 is 0 Å². The first-order valence-corrected chi connectivity index (χ1v) is 19.6. The van der Waals surface area contributed by atoms with Crippen molar-refractivity contribution >= 4 is 90.2 Å². The summed E-state index contributed by atoms with van der Waals surface area (Å²) >= 11 is 3.71. The zero-order valence-corrected chi connectivity index (χ0v) is 30.9. The first kappa shape index (κ1) is 30.7. The Morgan fingerprint density at radius 2 is 0.811 bits per heavy atom. The Labute approximate surface area is 317 Å². The highest BCUT2D eigenvalue weighted by molar-refractivity contribution is 8.00. The zero-order chi connectivity index (χ0) is 35.2. The van der Waals surface area contributed by atoms with E-state index >= 15 is 0 Å². The fourth-order valence-electron chi connectivity index (χ4n) is 8.47. The van der Waals surface area contributed by atoms with Gasteiger partial charge in [0.2, 0.25) is 0 Å². The van der Waals surface area contributed by atoms with E-state index in [4.69, 9.17) is 0 Å². The molecule has 2 aliphatic heterocycles. The van der Waals surface area contributed by atoms with Gasteiger partial charge in [-0.2, -0.15) is 0 Å². The molecule has 0 atom stereocenters. The van der Waals surface area contributed by atoms with Crippen molar-refractivity contribution in [2.24, 2.45) is 0 Å². The molecule has 9 aromatic rings. The third kappa shape index (κ3) is 4.71. The topological polar surface area (TPSA) is 11.4 Å². The van der Waals surface area contributed by atoms with Crippen molar-refractivity contribution in [3.63, 3.8) is 0 Å². The van der Waals surface area contributed by atoms with E-state index in [-0.39, 0.29) is 0 Å². The van der Waals surface area contributed by atoms with E-state index in [1.165, 1.54) is 103 Å². The van der Waals surface area contributed by atoms with E-state index in [1.807, 2.05) is 23.5 Å². The second-order valence-corrected chi connectivity index (χ2v) is 16.1. The molecule has 0 spiro atoms. The zero-order valence-electron chi connectivity index (χ0n) is 29.2. The van der Waals surface area contributed by atoms with Gasteiger partial charge in [0.1, 0.15) is 0 Å². The molecular weight excluding hydrogens is 683 g/mol. The third-order valence-corrected chi connectivity index (χ3v) is 12.8. The summed E-state index contributed by atoms with van der Waals surface area (Å²) in [7, 11) is 0. The number of nitrogens with zero attached hydrogens (tertiary/aromatic N) is 3. The molecule has 5 heteroatoms. The largest absolute Gasteiger partial charge is 0.309 e. The summed E-state index contributed by atoms with van der Waals surface area (Å²) in [6, 6.07) is 60.5. The lowest BCUT2D eigenvalue weighted by Gasteiger charge is -2.35. The molecule has 8 aromatic carbocycles. The predicted molar refractivity (Wildman–Crippen MR) is 225 cm³/mol. The highest BCUT2D eigenvalue weighted by Crippen LogP contribution is 2.56. The van der Waals surface area contributed by atoms with Gasteiger partial charge in [0.05, 0.1) is 45.2 Å². The normalized spacial score (nSPS) is 13.2. The average molecular weight is 716 g/mol. The number of aromatic nitrogens is 1. The number of hydrogen-bond acceptors (Lipinski definition) is 4. The molecule has 0 amide bonds. The summed E-state index contributed by atoms with van der Waals surface area (Å²) < 4.78 is 2.46. The molecular formula is C48H33N3S2. The van der Waals surface area contributed by atoms with Crippen LogP contribution < -0.4 is 9.80 Å². The first-order chi connectivity index (χ1) is 26.1. The Kier molecular flexibility index (Phi) is 6.85. The van der Waals surface area contributed by atoms with Crippen molar-refractivity contribution in [2.75, 3.05) is 9.80 Å². The second-order valence-electron chi connectivity index (χ2n) is 14.0. The number of aryl methyl sites for hydroxylation is 2. The monoisotopic (exact) mass is 715 g/mol. The van der Waals surface area contributed by atoms with Crippen LogP contribution in [0.5, 0.6) is 0 Å². The van der Waals surface area contributed by atoms with E-state index in [0.717, 1.165) is 0 Å². The molecule has 3 nitrogen and oxygen atoms in total. The second kappa shape index (κ2) is 11.8. The van der Waals surface area contributed by atoms with E-state index in [9.17, 15) is 0 Å². The molecule has 0 saturated carbocycles. The lowest BCUT2D eigenvalue weighted by molar-refractivity contribution is 1.14. The van der Waals surface area contributed by atoms with Crippen LogP contribution in [0.2, 0.25) is 0 Å². The molecule has 1 aromatic heterocycles. The minimum Gasteiger partial charge on any atom is -0.309 e. The molecule has 0 N–H and O–H groups in total. The van der Waals surface area contributed by atoms with Crippen molar-refractivity contribution < 1.29 is 0 Å². The van der Waals surface area contributed by atoms with Crippen LogP contribution in [-0.2, 0) is 0 Å². The number of fused-ring (bicyclic) bond motifs is 8. The molecule has 2 aliphatic rings. The van der Waals surface area contributed by atoms with Crippen LogP contribution in [0.4, 0.5) is 34.1 Å². The molecule has 0 saturated heterocycles. The number of hydrogen-bond donors (Lipinski definition) is 0. The van der Waals surface area contributed by atoms with E-state index in [0.29, 0.717) is 0 Å². The van der Waals surface area contributed by atoms with Crippen LogP contribution in [-0.4, -0.2) is 4.57 Å². The molecule has 0 unspecified atom stereocenters. The number of anilines is 6. The fourth-order valence-corrected chi connectivity index (χ4v) is 10.6. The maximum Gasteiger partial charge on any atom is 0.0623 e. The van der Waals surface area contributed by atoms with Crippen LogP contribution in [0.25, 0.3) is 38.3 Å². The van der Waals surface area contributed by atoms with Gasteiger partial charge in [0.15, 0.2) is 0 Å². The maximum absolute atomic E-state index is 2.50. The number of rotatable bonds is 3. The van der Waals surface area contributed by atoms with Crippen LogP contribution >= 0.6 is 23.5 Å². The number of para-hydroxylation sites is 4. The maximum atomic E-state index is 2.50. The lowest BCUT2D eigenvalue weighted by Crippen LogP contribution is -2.17. The summed E-state index contributed by atoms with van der Waals surface area (Å²) in [5.41, 5.74) is 13.3. The molecule has 0 bridgehead atoms. The summed E-state index contributed by atoms with van der Waals surface area (Å²) in [5.74, 6) is 0. The van der Waals surface area contributed by atoms with Gasteiger partial charge in [-0.25, -0.2) is 0 Å². The lowest BCUT2D eigenvalue weighted by atomic mass is 10.0. The highest BCUT2D eigenvalue weighted by Gasteiger charge is 2.30. The summed E-state index contributed by atoms with van der Waals surface area (Å²) in [6.07, 6.45) is 0. The van der Waals surface area contributed by atoms with Gasteiger partial charge < -0.3 is 14.4 Å². The molecule has 3 heterocycles. The minimum absolute atomic E-state index is 1.17. The first-order valence-electron chi connectivity index (χ1n) is 18.0. The third-order valence-electron chi connectivity index (χ3n) is 10.6. The Hall–Kier alpha value is -5.88. The van der Waals surface area contributed by atoms with Crippen LogP contribution in [0.3, 0.4) is 0 Å². The molecule has 252 valence electrons. The standard InChI is InChI=1S/C48H33N3S2/c1-30-25-31(2)27-32(26-30)49-37-16-4-3-13-35(37)36-28-48-44(29-43(36)49)51(42-19-7-10-24-47(42)53-48)39-21-12-14-33-34(39)15-11-20-38(33)50-40-17-5-8-22-45(40)52-46-23-9-6-18-41(46)50/h3-29H,1-2H3. The quantitative estimate of drug-likeness (QED) is 0.180. The SMILES string of the molecule is Cc1cc(C)cc(-n2c3ccccc3c3cc4c(cc32)N(c2cccc3c(N5c6ccccc6Sc6ccccc65)cccc23)c2ccccc2S4)c1. The van der Waals surface area contributed by atoms with Gasteiger partial charge in [0.25, 0.3) is 0 Å². The molecule has 0 radical (unpaired) electrons. The van der Waals surface area contributed by atoms with Gasteiger partial charge in [0, 0.05) is 46.8 Å². The van der Waals surface area contributed by atoms with Crippen LogP contribution in [0.15, 0.2) is 183 Å². The predicted octanol–water partition coefficient (Wildman–Crippen LogP) is 14.4. The van der Waals surface area contributed by atoms with Gasteiger partial charge in [-0.05, 0) is 104 Å². The molecule has 0 fully saturated rings. The highest BCUT2D eigenvalue weighted by atomic mass is 32.2. The van der Waals surface area contributed by atoms with Crippen molar-refractivity contribution in [1.29, 1.82) is 0 Å². The number of benzene rings is 8. The smallest absolute Gasteiger partial charge is 0.0623 e. The Morgan fingerprint density at radius 1 is 0.340 bits per heavy atom. The summed E-state index contributed by atoms with van der Waals surface area (Å²) in [5, 5.41) is 4.96. The van der Waals surface area contributed by atoms with Crippen molar-refractivity contribution in [3.05, 3.63) is 175 Å². The van der Waals surface area contributed by atoms with Gasteiger partial charge in [-0.15, -0.1) is 0 Å². The van der Waals surface area contributed by atoms with E-state index in [2.05, 4.69) is 192 Å². The van der Waals surface area contributed by atoms with Crippen LogP contribution in [0, 0.1) is 13.8 Å². The summed E-state index contributed by atoms with van der Waals surface area (Å²) in [6.45, 7) is 4.38.